The van der Waals surface area contributed by atoms with Crippen LogP contribution >= 0.6 is 11.6 Å². The number of amides is 1. The first-order valence-corrected chi connectivity index (χ1v) is 8.38. The molecule has 1 N–H and O–H groups in total. The molecule has 1 fully saturated rings. The van der Waals surface area contributed by atoms with Crippen molar-refractivity contribution in [1.29, 1.82) is 0 Å². The molecule has 1 amide bonds. The van der Waals surface area contributed by atoms with Gasteiger partial charge < -0.3 is 14.6 Å². The van der Waals surface area contributed by atoms with Gasteiger partial charge in [-0.3, -0.25) is 4.79 Å². The number of aromatic nitrogens is 2. The normalized spacial score (nSPS) is 18.1. The molecule has 1 saturated heterocycles. The molecule has 0 spiro atoms. The fourth-order valence-corrected chi connectivity index (χ4v) is 3.16. The van der Waals surface area contributed by atoms with E-state index in [1.807, 2.05) is 31.2 Å². The molecular formula is C17H20ClN3O3. The molecule has 1 aromatic heterocycles. The van der Waals surface area contributed by atoms with Gasteiger partial charge >= 0.3 is 0 Å². The zero-order valence-electron chi connectivity index (χ0n) is 13.5. The number of carbonyl (C=O) groups excluding carboxylic acids is 1. The lowest BCUT2D eigenvalue weighted by molar-refractivity contribution is -0.128. The Hall–Kier alpha value is -1.92. The molecule has 2 heterocycles. The van der Waals surface area contributed by atoms with Crippen LogP contribution in [-0.4, -0.2) is 29.3 Å². The van der Waals surface area contributed by atoms with Crippen LogP contribution in [0.15, 0.2) is 35.2 Å². The summed E-state index contributed by atoms with van der Waals surface area (Å²) >= 11 is 6.19. The van der Waals surface area contributed by atoms with Crippen LogP contribution in [0.3, 0.4) is 0 Å². The molecule has 0 unspecified atom stereocenters. The molecular weight excluding hydrogens is 330 g/mol. The predicted octanol–water partition coefficient (Wildman–Crippen LogP) is 2.72. The Kier molecular flexibility index (Phi) is 5.16. The number of nitrogens with one attached hydrogen (secondary N) is 1. The summed E-state index contributed by atoms with van der Waals surface area (Å²) in [5.41, 5.74) is 0.333. The topological polar surface area (TPSA) is 77.3 Å². The molecule has 2 aromatic rings. The maximum atomic E-state index is 12.7. The molecule has 0 saturated carbocycles. The molecule has 1 aliphatic rings. The highest BCUT2D eigenvalue weighted by Crippen LogP contribution is 2.30. The van der Waals surface area contributed by atoms with Gasteiger partial charge in [0.15, 0.2) is 5.82 Å². The van der Waals surface area contributed by atoms with E-state index in [-0.39, 0.29) is 11.8 Å². The fourth-order valence-electron chi connectivity index (χ4n) is 2.95. The SMILES string of the molecule is C[C@H](Cc1ccccc1Cl)C(=O)NC1(c2ncon2)CCOCC1. The number of hydrogen-bond donors (Lipinski definition) is 1. The van der Waals surface area contributed by atoms with E-state index in [1.54, 1.807) is 0 Å². The molecule has 6 nitrogen and oxygen atoms in total. The van der Waals surface area contributed by atoms with Gasteiger partial charge in [0.05, 0.1) is 0 Å². The Morgan fingerprint density at radius 2 is 2.12 bits per heavy atom. The van der Waals surface area contributed by atoms with Gasteiger partial charge in [-0.25, -0.2) is 0 Å². The lowest BCUT2D eigenvalue weighted by atomic mass is 9.88. The lowest BCUT2D eigenvalue weighted by Crippen LogP contribution is -2.51. The summed E-state index contributed by atoms with van der Waals surface area (Å²) in [5, 5.41) is 7.75. The van der Waals surface area contributed by atoms with Crippen LogP contribution < -0.4 is 5.32 Å². The Morgan fingerprint density at radius 3 is 2.79 bits per heavy atom. The molecule has 3 rings (SSSR count). The second-order valence-corrected chi connectivity index (χ2v) is 6.54. The highest BCUT2D eigenvalue weighted by molar-refractivity contribution is 6.31. The summed E-state index contributed by atoms with van der Waals surface area (Å²) in [7, 11) is 0. The minimum Gasteiger partial charge on any atom is -0.381 e. The van der Waals surface area contributed by atoms with Crippen molar-refractivity contribution < 1.29 is 14.1 Å². The summed E-state index contributed by atoms with van der Waals surface area (Å²) in [6.07, 6.45) is 3.10. The highest BCUT2D eigenvalue weighted by atomic mass is 35.5. The van der Waals surface area contributed by atoms with Crippen LogP contribution in [0.25, 0.3) is 0 Å². The minimum atomic E-state index is -0.628. The lowest BCUT2D eigenvalue weighted by Gasteiger charge is -2.36. The van der Waals surface area contributed by atoms with Gasteiger partial charge in [0.25, 0.3) is 0 Å². The first kappa shape index (κ1) is 16.9. The Bertz CT molecular complexity index is 684. The van der Waals surface area contributed by atoms with E-state index < -0.39 is 5.54 Å². The van der Waals surface area contributed by atoms with Gasteiger partial charge in [0.1, 0.15) is 5.54 Å². The van der Waals surface area contributed by atoms with Crippen LogP contribution in [0.4, 0.5) is 0 Å². The van der Waals surface area contributed by atoms with Crippen LogP contribution in [0, 0.1) is 5.92 Å². The molecule has 7 heteroatoms. The van der Waals surface area contributed by atoms with Gasteiger partial charge in [0, 0.05) is 37.0 Å². The second-order valence-electron chi connectivity index (χ2n) is 6.14. The third-order valence-corrected chi connectivity index (χ3v) is 4.80. The van der Waals surface area contributed by atoms with Crippen molar-refractivity contribution >= 4 is 17.5 Å². The van der Waals surface area contributed by atoms with Crippen LogP contribution in [-0.2, 0) is 21.5 Å². The minimum absolute atomic E-state index is 0.0541. The smallest absolute Gasteiger partial charge is 0.223 e. The maximum Gasteiger partial charge on any atom is 0.223 e. The molecule has 0 radical (unpaired) electrons. The van der Waals surface area contributed by atoms with Crippen molar-refractivity contribution in [2.24, 2.45) is 5.92 Å². The largest absolute Gasteiger partial charge is 0.381 e. The molecule has 128 valence electrons. The quantitative estimate of drug-likeness (QED) is 0.898. The van der Waals surface area contributed by atoms with Crippen LogP contribution in [0.1, 0.15) is 31.2 Å². The predicted molar refractivity (Wildman–Crippen MR) is 88.5 cm³/mol. The monoisotopic (exact) mass is 349 g/mol. The maximum absolute atomic E-state index is 12.7. The zero-order valence-corrected chi connectivity index (χ0v) is 14.3. The summed E-state index contributed by atoms with van der Waals surface area (Å²) in [5.74, 6) is 0.224. The summed E-state index contributed by atoms with van der Waals surface area (Å²) in [6, 6.07) is 7.57. The number of rotatable bonds is 5. The van der Waals surface area contributed by atoms with Crippen molar-refractivity contribution in [2.45, 2.75) is 31.7 Å². The molecule has 1 aromatic carbocycles. The third kappa shape index (κ3) is 3.60. The first-order valence-electron chi connectivity index (χ1n) is 8.01. The highest BCUT2D eigenvalue weighted by Gasteiger charge is 2.40. The van der Waals surface area contributed by atoms with Gasteiger partial charge in [-0.05, 0) is 18.1 Å². The number of nitrogens with zero attached hydrogens (tertiary/aromatic N) is 2. The van der Waals surface area contributed by atoms with E-state index in [0.717, 1.165) is 5.56 Å². The molecule has 0 aliphatic carbocycles. The van der Waals surface area contributed by atoms with Crippen LogP contribution in [0.5, 0.6) is 0 Å². The molecule has 1 atom stereocenters. The number of carbonyl (C=O) groups is 1. The van der Waals surface area contributed by atoms with Gasteiger partial charge in [-0.2, -0.15) is 4.98 Å². The van der Waals surface area contributed by atoms with E-state index in [2.05, 4.69) is 15.5 Å². The number of benzene rings is 1. The van der Waals surface area contributed by atoms with Crippen molar-refractivity contribution in [3.8, 4) is 0 Å². The fraction of sp³-hybridized carbons (Fsp3) is 0.471. The second kappa shape index (κ2) is 7.32. The molecule has 1 aliphatic heterocycles. The van der Waals surface area contributed by atoms with Crippen molar-refractivity contribution in [3.05, 3.63) is 47.1 Å². The molecule has 24 heavy (non-hydrogen) atoms. The van der Waals surface area contributed by atoms with E-state index >= 15 is 0 Å². The third-order valence-electron chi connectivity index (χ3n) is 4.43. The van der Waals surface area contributed by atoms with Crippen molar-refractivity contribution in [3.63, 3.8) is 0 Å². The van der Waals surface area contributed by atoms with E-state index in [0.29, 0.717) is 43.3 Å². The van der Waals surface area contributed by atoms with Crippen LogP contribution in [0.2, 0.25) is 5.02 Å². The number of hydrogen-bond acceptors (Lipinski definition) is 5. The summed E-state index contributed by atoms with van der Waals surface area (Å²) in [6.45, 7) is 2.99. The van der Waals surface area contributed by atoms with Gasteiger partial charge in [-0.1, -0.05) is 41.9 Å². The summed E-state index contributed by atoms with van der Waals surface area (Å²) < 4.78 is 10.3. The Labute approximate surface area is 145 Å². The average molecular weight is 350 g/mol. The van der Waals surface area contributed by atoms with E-state index in [9.17, 15) is 4.79 Å². The first-order chi connectivity index (χ1) is 11.6. The Morgan fingerprint density at radius 1 is 1.38 bits per heavy atom. The average Bonchev–Trinajstić information content (AvgIpc) is 3.13. The zero-order chi connectivity index (χ0) is 17.0. The van der Waals surface area contributed by atoms with Crippen molar-refractivity contribution in [1.82, 2.24) is 15.5 Å². The molecule has 0 bridgehead atoms. The van der Waals surface area contributed by atoms with Gasteiger partial charge in [-0.15, -0.1) is 0 Å². The van der Waals surface area contributed by atoms with E-state index in [4.69, 9.17) is 20.9 Å². The number of halogens is 1. The summed E-state index contributed by atoms with van der Waals surface area (Å²) in [4.78, 5) is 16.9. The van der Waals surface area contributed by atoms with Gasteiger partial charge in [0.2, 0.25) is 12.3 Å². The van der Waals surface area contributed by atoms with Crippen molar-refractivity contribution in [2.75, 3.05) is 13.2 Å². The van der Waals surface area contributed by atoms with E-state index in [1.165, 1.54) is 6.39 Å². The Balaban J connectivity index is 1.73. The number of ether oxygens (including phenoxy) is 1. The standard InChI is InChI=1S/C17H20ClN3O3/c1-12(10-13-4-2-3-5-14(13)18)15(22)20-17(6-8-23-9-7-17)16-19-11-24-21-16/h2-5,11-12H,6-10H2,1H3,(H,20,22)/t12-/m1/s1.